The molecule has 0 aliphatic heterocycles. The first kappa shape index (κ1) is 12.6. The maximum absolute atomic E-state index is 9.41. The molecule has 3 heteroatoms. The van der Waals surface area contributed by atoms with Crippen molar-refractivity contribution in [2.24, 2.45) is 0 Å². The fourth-order valence-electron chi connectivity index (χ4n) is 1.68. The third-order valence-corrected chi connectivity index (χ3v) is 2.73. The molecule has 2 aromatic carbocycles. The van der Waals surface area contributed by atoms with Crippen LogP contribution in [0.3, 0.4) is 0 Å². The van der Waals surface area contributed by atoms with Crippen LogP contribution < -0.4 is 4.74 Å². The Morgan fingerprint density at radius 1 is 1.06 bits per heavy atom. The van der Waals surface area contributed by atoms with Crippen LogP contribution in [0.25, 0.3) is 0 Å². The molecule has 3 nitrogen and oxygen atoms in total. The van der Waals surface area contributed by atoms with Gasteiger partial charge >= 0.3 is 0 Å². The van der Waals surface area contributed by atoms with E-state index in [1.165, 1.54) is 0 Å². The van der Waals surface area contributed by atoms with Crippen molar-refractivity contribution < 1.29 is 14.9 Å². The van der Waals surface area contributed by atoms with Gasteiger partial charge in [-0.05, 0) is 30.7 Å². The summed E-state index contributed by atoms with van der Waals surface area (Å²) in [5, 5.41) is 18.6. The summed E-state index contributed by atoms with van der Waals surface area (Å²) in [5.41, 5.74) is 1.59. The van der Waals surface area contributed by atoms with Crippen molar-refractivity contribution >= 4 is 0 Å². The summed E-state index contributed by atoms with van der Waals surface area (Å²) in [5.74, 6) is 1.32. The molecule has 1 atom stereocenters. The van der Waals surface area contributed by atoms with Gasteiger partial charge in [0.2, 0.25) is 0 Å². The van der Waals surface area contributed by atoms with E-state index >= 15 is 0 Å². The predicted octanol–water partition coefficient (Wildman–Crippen LogP) is 3.02. The van der Waals surface area contributed by atoms with Gasteiger partial charge in [0, 0.05) is 5.56 Å². The first-order chi connectivity index (χ1) is 8.70. The fraction of sp³-hybridized carbons (Fsp3) is 0.200. The first-order valence-electron chi connectivity index (χ1n) is 5.85. The molecular formula is C15H16O3. The van der Waals surface area contributed by atoms with Gasteiger partial charge in [0.1, 0.15) is 11.5 Å². The van der Waals surface area contributed by atoms with Crippen molar-refractivity contribution in [2.75, 3.05) is 0 Å². The Morgan fingerprint density at radius 3 is 2.33 bits per heavy atom. The van der Waals surface area contributed by atoms with Gasteiger partial charge in [0.15, 0.2) is 0 Å². The van der Waals surface area contributed by atoms with Crippen LogP contribution in [0.1, 0.15) is 24.2 Å². The van der Waals surface area contributed by atoms with Gasteiger partial charge in [-0.1, -0.05) is 30.3 Å². The second-order valence-corrected chi connectivity index (χ2v) is 4.11. The molecule has 0 bridgehead atoms. The quantitative estimate of drug-likeness (QED) is 0.869. The van der Waals surface area contributed by atoms with E-state index in [2.05, 4.69) is 0 Å². The topological polar surface area (TPSA) is 49.7 Å². The fourth-order valence-corrected chi connectivity index (χ4v) is 1.68. The lowest BCUT2D eigenvalue weighted by molar-refractivity contribution is 0.199. The lowest BCUT2D eigenvalue weighted by Gasteiger charge is -2.10. The Labute approximate surface area is 106 Å². The highest BCUT2D eigenvalue weighted by Gasteiger charge is 2.04. The van der Waals surface area contributed by atoms with Crippen molar-refractivity contribution in [3.8, 4) is 11.5 Å². The Balaban J connectivity index is 2.18. The van der Waals surface area contributed by atoms with Crippen LogP contribution in [0.15, 0.2) is 48.5 Å². The SMILES string of the molecule is CC(O)c1ccc(Oc2ccccc2CO)cc1. The van der Waals surface area contributed by atoms with E-state index in [4.69, 9.17) is 4.74 Å². The molecule has 0 spiro atoms. The Kier molecular flexibility index (Phi) is 3.97. The molecule has 0 amide bonds. The number of hydrogen-bond acceptors (Lipinski definition) is 3. The van der Waals surface area contributed by atoms with Crippen molar-refractivity contribution in [3.05, 3.63) is 59.7 Å². The van der Waals surface area contributed by atoms with E-state index in [1.807, 2.05) is 36.4 Å². The van der Waals surface area contributed by atoms with E-state index in [1.54, 1.807) is 19.1 Å². The number of benzene rings is 2. The molecule has 2 rings (SSSR count). The highest BCUT2D eigenvalue weighted by atomic mass is 16.5. The second kappa shape index (κ2) is 5.67. The van der Waals surface area contributed by atoms with Crippen molar-refractivity contribution in [3.63, 3.8) is 0 Å². The molecule has 94 valence electrons. The molecule has 0 radical (unpaired) electrons. The van der Waals surface area contributed by atoms with Crippen molar-refractivity contribution in [2.45, 2.75) is 19.6 Å². The van der Waals surface area contributed by atoms with Gasteiger partial charge < -0.3 is 14.9 Å². The monoisotopic (exact) mass is 244 g/mol. The Morgan fingerprint density at radius 2 is 1.72 bits per heavy atom. The highest BCUT2D eigenvalue weighted by molar-refractivity contribution is 5.38. The molecular weight excluding hydrogens is 228 g/mol. The van der Waals surface area contributed by atoms with Crippen LogP contribution in [0.5, 0.6) is 11.5 Å². The van der Waals surface area contributed by atoms with Gasteiger partial charge in [0.05, 0.1) is 12.7 Å². The molecule has 0 heterocycles. The minimum absolute atomic E-state index is 0.0536. The van der Waals surface area contributed by atoms with Crippen LogP contribution in [0.2, 0.25) is 0 Å². The molecule has 2 N–H and O–H groups in total. The van der Waals surface area contributed by atoms with E-state index in [-0.39, 0.29) is 6.61 Å². The van der Waals surface area contributed by atoms with Crippen LogP contribution in [0.4, 0.5) is 0 Å². The average Bonchev–Trinajstić information content (AvgIpc) is 2.40. The number of rotatable bonds is 4. The summed E-state index contributed by atoms with van der Waals surface area (Å²) < 4.78 is 5.69. The van der Waals surface area contributed by atoms with Gasteiger partial charge in [0.25, 0.3) is 0 Å². The van der Waals surface area contributed by atoms with Gasteiger partial charge in [-0.2, -0.15) is 0 Å². The Bertz CT molecular complexity index is 503. The molecule has 0 aliphatic rings. The molecule has 0 aliphatic carbocycles. The van der Waals surface area contributed by atoms with Crippen LogP contribution in [-0.4, -0.2) is 10.2 Å². The largest absolute Gasteiger partial charge is 0.457 e. The molecule has 0 aromatic heterocycles. The molecule has 18 heavy (non-hydrogen) atoms. The summed E-state index contributed by atoms with van der Waals surface area (Å²) in [6.07, 6.45) is -0.483. The lowest BCUT2D eigenvalue weighted by atomic mass is 10.1. The molecule has 0 fully saturated rings. The predicted molar refractivity (Wildman–Crippen MR) is 69.5 cm³/mol. The molecule has 0 saturated carbocycles. The minimum atomic E-state index is -0.483. The zero-order valence-corrected chi connectivity index (χ0v) is 10.2. The molecule has 1 unspecified atom stereocenters. The number of aliphatic hydroxyl groups excluding tert-OH is 2. The van der Waals surface area contributed by atoms with E-state index in [0.717, 1.165) is 11.1 Å². The lowest BCUT2D eigenvalue weighted by Crippen LogP contribution is -1.93. The van der Waals surface area contributed by atoms with E-state index < -0.39 is 6.10 Å². The van der Waals surface area contributed by atoms with Gasteiger partial charge in [-0.3, -0.25) is 0 Å². The zero-order chi connectivity index (χ0) is 13.0. The molecule has 2 aromatic rings. The van der Waals surface area contributed by atoms with E-state index in [9.17, 15) is 10.2 Å². The summed E-state index contributed by atoms with van der Waals surface area (Å²) in [6.45, 7) is 1.67. The van der Waals surface area contributed by atoms with E-state index in [0.29, 0.717) is 11.5 Å². The highest BCUT2D eigenvalue weighted by Crippen LogP contribution is 2.26. The maximum Gasteiger partial charge on any atom is 0.132 e. The van der Waals surface area contributed by atoms with Crippen molar-refractivity contribution in [1.29, 1.82) is 0 Å². The summed E-state index contributed by atoms with van der Waals surface area (Å²) in [4.78, 5) is 0. The minimum Gasteiger partial charge on any atom is -0.457 e. The number of aliphatic hydroxyl groups is 2. The van der Waals surface area contributed by atoms with Crippen LogP contribution >= 0.6 is 0 Å². The smallest absolute Gasteiger partial charge is 0.132 e. The normalized spacial score (nSPS) is 12.2. The Hall–Kier alpha value is -1.84. The van der Waals surface area contributed by atoms with Crippen LogP contribution in [0, 0.1) is 0 Å². The summed E-state index contributed by atoms with van der Waals surface area (Å²) >= 11 is 0. The maximum atomic E-state index is 9.41. The zero-order valence-electron chi connectivity index (χ0n) is 10.2. The third kappa shape index (κ3) is 2.88. The van der Waals surface area contributed by atoms with Gasteiger partial charge in [-0.25, -0.2) is 0 Å². The summed E-state index contributed by atoms with van der Waals surface area (Å²) in [7, 11) is 0. The summed E-state index contributed by atoms with van der Waals surface area (Å²) in [6, 6.07) is 14.6. The number of ether oxygens (including phenoxy) is 1. The number of hydrogen-bond donors (Lipinski definition) is 2. The molecule has 0 saturated heterocycles. The first-order valence-corrected chi connectivity index (χ1v) is 5.85. The standard InChI is InChI=1S/C15H16O3/c1-11(17)12-6-8-14(9-7-12)18-15-5-3-2-4-13(15)10-16/h2-9,11,16-17H,10H2,1H3. The van der Waals surface area contributed by atoms with Crippen LogP contribution in [-0.2, 0) is 6.61 Å². The van der Waals surface area contributed by atoms with Crippen molar-refractivity contribution in [1.82, 2.24) is 0 Å². The average molecular weight is 244 g/mol. The third-order valence-electron chi connectivity index (χ3n) is 2.73. The second-order valence-electron chi connectivity index (χ2n) is 4.11. The number of para-hydroxylation sites is 1. The van der Waals surface area contributed by atoms with Gasteiger partial charge in [-0.15, -0.1) is 0 Å².